The normalized spacial score (nSPS) is 12.0. The Hall–Kier alpha value is -2.41. The van der Waals surface area contributed by atoms with Crippen LogP contribution in [0.25, 0.3) is 5.69 Å². The molecule has 7 heteroatoms. The highest BCUT2D eigenvalue weighted by molar-refractivity contribution is 5.74. The summed E-state index contributed by atoms with van der Waals surface area (Å²) < 4.78 is 15.9. The van der Waals surface area contributed by atoms with Gasteiger partial charge in [-0.1, -0.05) is 13.0 Å². The summed E-state index contributed by atoms with van der Waals surface area (Å²) in [4.78, 5) is 15.8. The zero-order valence-electron chi connectivity index (χ0n) is 13.2. The SMILES string of the molecule is CCC(CO)NC(=O)NCc1ccc(-n2ccnc2C)c(F)c1. The van der Waals surface area contributed by atoms with E-state index in [0.29, 0.717) is 23.5 Å². The number of rotatable bonds is 6. The molecule has 0 bridgehead atoms. The molecule has 1 unspecified atom stereocenters. The van der Waals surface area contributed by atoms with Crippen LogP contribution in [0.1, 0.15) is 24.7 Å². The van der Waals surface area contributed by atoms with Crippen molar-refractivity contribution in [1.29, 1.82) is 0 Å². The van der Waals surface area contributed by atoms with Crippen LogP contribution >= 0.6 is 0 Å². The molecular weight excluding hydrogens is 299 g/mol. The van der Waals surface area contributed by atoms with Crippen molar-refractivity contribution in [2.45, 2.75) is 32.9 Å². The molecule has 1 atom stereocenters. The van der Waals surface area contributed by atoms with Gasteiger partial charge in [0.1, 0.15) is 11.6 Å². The fourth-order valence-electron chi connectivity index (χ4n) is 2.18. The Bertz CT molecular complexity index is 668. The first-order valence-corrected chi connectivity index (χ1v) is 7.49. The third-order valence-corrected chi connectivity index (χ3v) is 3.60. The van der Waals surface area contributed by atoms with E-state index in [1.807, 2.05) is 6.92 Å². The van der Waals surface area contributed by atoms with Crippen LogP contribution in [-0.4, -0.2) is 33.3 Å². The molecule has 0 aliphatic carbocycles. The maximum Gasteiger partial charge on any atom is 0.315 e. The molecule has 0 aliphatic rings. The molecule has 1 aromatic heterocycles. The summed E-state index contributed by atoms with van der Waals surface area (Å²) in [5.74, 6) is 0.316. The largest absolute Gasteiger partial charge is 0.394 e. The highest BCUT2D eigenvalue weighted by Gasteiger charge is 2.10. The lowest BCUT2D eigenvalue weighted by atomic mass is 10.2. The quantitative estimate of drug-likeness (QED) is 0.760. The first-order valence-electron chi connectivity index (χ1n) is 7.49. The Kier molecular flexibility index (Phi) is 5.70. The van der Waals surface area contributed by atoms with Crippen LogP contribution in [-0.2, 0) is 6.54 Å². The second kappa shape index (κ2) is 7.73. The van der Waals surface area contributed by atoms with Gasteiger partial charge in [-0.15, -0.1) is 0 Å². The van der Waals surface area contributed by atoms with Crippen molar-refractivity contribution in [2.75, 3.05) is 6.61 Å². The summed E-state index contributed by atoms with van der Waals surface area (Å²) in [6.07, 6.45) is 3.94. The summed E-state index contributed by atoms with van der Waals surface area (Å²) in [5.41, 5.74) is 1.07. The van der Waals surface area contributed by atoms with E-state index in [4.69, 9.17) is 5.11 Å². The number of aliphatic hydroxyl groups is 1. The molecule has 1 heterocycles. The van der Waals surface area contributed by atoms with Gasteiger partial charge in [0.05, 0.1) is 18.3 Å². The van der Waals surface area contributed by atoms with E-state index in [9.17, 15) is 9.18 Å². The summed E-state index contributed by atoms with van der Waals surface area (Å²) in [6, 6.07) is 4.13. The number of aliphatic hydroxyl groups excluding tert-OH is 1. The van der Waals surface area contributed by atoms with E-state index in [2.05, 4.69) is 15.6 Å². The van der Waals surface area contributed by atoms with Crippen LogP contribution in [0.2, 0.25) is 0 Å². The molecule has 2 aromatic rings. The Morgan fingerprint density at radius 2 is 2.26 bits per heavy atom. The number of benzene rings is 1. The molecule has 1 aromatic carbocycles. The number of nitrogens with zero attached hydrogens (tertiary/aromatic N) is 2. The second-order valence-corrected chi connectivity index (χ2v) is 5.24. The van der Waals surface area contributed by atoms with Crippen molar-refractivity contribution in [2.24, 2.45) is 0 Å². The number of nitrogens with one attached hydrogen (secondary N) is 2. The predicted octanol–water partition coefficient (Wildman–Crippen LogP) is 1.89. The van der Waals surface area contributed by atoms with E-state index in [1.54, 1.807) is 36.0 Å². The maximum atomic E-state index is 14.2. The smallest absolute Gasteiger partial charge is 0.315 e. The van der Waals surface area contributed by atoms with Crippen molar-refractivity contribution in [3.05, 3.63) is 47.8 Å². The number of hydrogen-bond acceptors (Lipinski definition) is 3. The monoisotopic (exact) mass is 320 g/mol. The number of halogens is 1. The Morgan fingerprint density at radius 1 is 1.48 bits per heavy atom. The number of aromatic nitrogens is 2. The van der Waals surface area contributed by atoms with E-state index >= 15 is 0 Å². The highest BCUT2D eigenvalue weighted by Crippen LogP contribution is 2.16. The van der Waals surface area contributed by atoms with Crippen molar-refractivity contribution < 1.29 is 14.3 Å². The van der Waals surface area contributed by atoms with Crippen LogP contribution in [0, 0.1) is 12.7 Å². The standard InChI is InChI=1S/C16H21FN4O2/c1-3-13(10-22)20-16(23)19-9-12-4-5-15(14(17)8-12)21-7-6-18-11(21)2/h4-8,13,22H,3,9-10H2,1-2H3,(H2,19,20,23). The Balaban J connectivity index is 1.99. The van der Waals surface area contributed by atoms with E-state index in [0.717, 1.165) is 0 Å². The zero-order chi connectivity index (χ0) is 16.8. The molecule has 0 spiro atoms. The third kappa shape index (κ3) is 4.29. The van der Waals surface area contributed by atoms with Gasteiger partial charge in [0.25, 0.3) is 0 Å². The number of carbonyl (C=O) groups excluding carboxylic acids is 1. The summed E-state index contributed by atoms with van der Waals surface area (Å²) in [5, 5.41) is 14.3. The number of carbonyl (C=O) groups is 1. The van der Waals surface area contributed by atoms with Crippen LogP contribution in [0.3, 0.4) is 0 Å². The molecule has 0 aliphatic heterocycles. The molecule has 2 rings (SSSR count). The number of hydrogen-bond donors (Lipinski definition) is 3. The molecular formula is C16H21FN4O2. The third-order valence-electron chi connectivity index (χ3n) is 3.60. The number of imidazole rings is 1. The van der Waals surface area contributed by atoms with Gasteiger partial charge in [-0.05, 0) is 31.0 Å². The molecule has 6 nitrogen and oxygen atoms in total. The van der Waals surface area contributed by atoms with Crippen LogP contribution < -0.4 is 10.6 Å². The molecule has 0 saturated heterocycles. The number of amides is 2. The van der Waals surface area contributed by atoms with E-state index < -0.39 is 0 Å². The topological polar surface area (TPSA) is 79.2 Å². The van der Waals surface area contributed by atoms with Gasteiger partial charge in [-0.2, -0.15) is 0 Å². The summed E-state index contributed by atoms with van der Waals surface area (Å²) in [6.45, 7) is 3.75. The predicted molar refractivity (Wildman–Crippen MR) is 84.8 cm³/mol. The molecule has 3 N–H and O–H groups in total. The van der Waals surface area contributed by atoms with E-state index in [-0.39, 0.29) is 31.0 Å². The highest BCUT2D eigenvalue weighted by atomic mass is 19.1. The second-order valence-electron chi connectivity index (χ2n) is 5.24. The minimum absolute atomic E-state index is 0.114. The molecule has 0 saturated carbocycles. The van der Waals surface area contributed by atoms with Gasteiger partial charge in [0.2, 0.25) is 0 Å². The minimum Gasteiger partial charge on any atom is -0.394 e. The molecule has 2 amide bonds. The molecule has 0 radical (unpaired) electrons. The lowest BCUT2D eigenvalue weighted by molar-refractivity contribution is 0.214. The van der Waals surface area contributed by atoms with Gasteiger partial charge in [-0.25, -0.2) is 14.2 Å². The lowest BCUT2D eigenvalue weighted by Gasteiger charge is -2.15. The van der Waals surface area contributed by atoms with Gasteiger partial charge >= 0.3 is 6.03 Å². The van der Waals surface area contributed by atoms with Gasteiger partial charge < -0.3 is 20.3 Å². The zero-order valence-corrected chi connectivity index (χ0v) is 13.2. The minimum atomic E-state index is -0.388. The van der Waals surface area contributed by atoms with Gasteiger partial charge in [0.15, 0.2) is 0 Å². The molecule has 0 fully saturated rings. The van der Waals surface area contributed by atoms with Crippen molar-refractivity contribution in [3.8, 4) is 5.69 Å². The summed E-state index contributed by atoms with van der Waals surface area (Å²) in [7, 11) is 0. The Morgan fingerprint density at radius 3 is 2.83 bits per heavy atom. The van der Waals surface area contributed by atoms with Crippen LogP contribution in [0.5, 0.6) is 0 Å². The van der Waals surface area contributed by atoms with Crippen LogP contribution in [0.15, 0.2) is 30.6 Å². The van der Waals surface area contributed by atoms with Crippen molar-refractivity contribution >= 4 is 6.03 Å². The number of aryl methyl sites for hydroxylation is 1. The van der Waals surface area contributed by atoms with Gasteiger partial charge in [0, 0.05) is 18.9 Å². The summed E-state index contributed by atoms with van der Waals surface area (Å²) >= 11 is 0. The number of urea groups is 1. The van der Waals surface area contributed by atoms with Gasteiger partial charge in [-0.3, -0.25) is 0 Å². The fraction of sp³-hybridized carbons (Fsp3) is 0.375. The fourth-order valence-corrected chi connectivity index (χ4v) is 2.18. The van der Waals surface area contributed by atoms with Crippen LogP contribution in [0.4, 0.5) is 9.18 Å². The average Bonchev–Trinajstić information content (AvgIpc) is 2.96. The van der Waals surface area contributed by atoms with E-state index in [1.165, 1.54) is 6.07 Å². The first kappa shape index (κ1) is 17.0. The molecule has 23 heavy (non-hydrogen) atoms. The van der Waals surface area contributed by atoms with Crippen molar-refractivity contribution in [3.63, 3.8) is 0 Å². The Labute approximate surface area is 134 Å². The van der Waals surface area contributed by atoms with Crippen molar-refractivity contribution in [1.82, 2.24) is 20.2 Å². The first-order chi connectivity index (χ1) is 11.0. The maximum absolute atomic E-state index is 14.2. The lowest BCUT2D eigenvalue weighted by Crippen LogP contribution is -2.43. The molecule has 124 valence electrons. The average molecular weight is 320 g/mol.